The molecule has 1 saturated heterocycles. The minimum atomic E-state index is 0.635. The van der Waals surface area contributed by atoms with Gasteiger partial charge in [0.2, 0.25) is 0 Å². The Morgan fingerprint density at radius 3 is 2.36 bits per heavy atom. The first-order valence-electron chi connectivity index (χ1n) is 4.51. The Morgan fingerprint density at radius 2 is 2.00 bits per heavy atom. The minimum Gasteiger partial charge on any atom is -0.381 e. The van der Waals surface area contributed by atoms with Gasteiger partial charge in [-0.05, 0) is 12.8 Å². The zero-order chi connectivity index (χ0) is 8.27. The monoisotopic (exact) mass is 157 g/mol. The average Bonchev–Trinajstić information content (AvgIpc) is 1.83. The highest BCUT2D eigenvalue weighted by Gasteiger charge is 2.18. The fraction of sp³-hybridized carbons (Fsp3) is 1.00. The van der Waals surface area contributed by atoms with Gasteiger partial charge in [0, 0.05) is 18.5 Å². The molecule has 0 spiro atoms. The summed E-state index contributed by atoms with van der Waals surface area (Å²) < 4.78 is 5.09. The molecule has 0 aromatic carbocycles. The lowest BCUT2D eigenvalue weighted by Gasteiger charge is -2.28. The summed E-state index contributed by atoms with van der Waals surface area (Å²) in [5.74, 6) is 1.51. The van der Waals surface area contributed by atoms with E-state index in [0.29, 0.717) is 6.04 Å². The van der Waals surface area contributed by atoms with Crippen LogP contribution in [0, 0.1) is 11.8 Å². The number of rotatable bonds is 4. The maximum absolute atomic E-state index is 5.09. The second-order valence-electron chi connectivity index (χ2n) is 3.84. The van der Waals surface area contributed by atoms with Gasteiger partial charge in [0.1, 0.15) is 0 Å². The molecule has 11 heavy (non-hydrogen) atoms. The molecule has 1 heterocycles. The molecule has 0 bridgehead atoms. The Balaban J connectivity index is 2.01. The Morgan fingerprint density at radius 1 is 1.36 bits per heavy atom. The molecule has 1 aliphatic rings. The van der Waals surface area contributed by atoms with Crippen molar-refractivity contribution in [2.45, 2.75) is 26.8 Å². The number of ether oxygens (including phenoxy) is 1. The molecule has 66 valence electrons. The zero-order valence-corrected chi connectivity index (χ0v) is 7.76. The van der Waals surface area contributed by atoms with Crippen molar-refractivity contribution in [1.82, 2.24) is 5.32 Å². The molecule has 2 nitrogen and oxygen atoms in total. The Bertz CT molecular complexity index is 110. The van der Waals surface area contributed by atoms with Crippen molar-refractivity contribution in [3.63, 3.8) is 0 Å². The van der Waals surface area contributed by atoms with Crippen LogP contribution in [0.3, 0.4) is 0 Å². The molecule has 1 N–H and O–H groups in total. The van der Waals surface area contributed by atoms with Gasteiger partial charge in [0.25, 0.3) is 0 Å². The van der Waals surface area contributed by atoms with E-state index in [1.807, 2.05) is 0 Å². The number of nitrogens with one attached hydrogen (secondary N) is 1. The summed E-state index contributed by atoms with van der Waals surface area (Å²) in [6.07, 6.45) is 0. The summed E-state index contributed by atoms with van der Waals surface area (Å²) in [7, 11) is 0. The van der Waals surface area contributed by atoms with Crippen LogP contribution in [0.1, 0.15) is 20.8 Å². The van der Waals surface area contributed by atoms with Crippen molar-refractivity contribution >= 4 is 0 Å². The van der Waals surface area contributed by atoms with Gasteiger partial charge in [-0.1, -0.05) is 13.8 Å². The lowest BCUT2D eigenvalue weighted by atomic mass is 10.0. The van der Waals surface area contributed by atoms with Crippen LogP contribution < -0.4 is 5.32 Å². The molecule has 0 aromatic rings. The van der Waals surface area contributed by atoms with E-state index in [4.69, 9.17) is 4.74 Å². The van der Waals surface area contributed by atoms with Crippen molar-refractivity contribution in [1.29, 1.82) is 0 Å². The van der Waals surface area contributed by atoms with E-state index in [1.54, 1.807) is 0 Å². The molecule has 2 heteroatoms. The molecule has 1 aliphatic heterocycles. The number of hydrogen-bond donors (Lipinski definition) is 1. The Labute approximate surface area is 69.3 Å². The summed E-state index contributed by atoms with van der Waals surface area (Å²) in [6, 6.07) is 0.635. The largest absolute Gasteiger partial charge is 0.381 e. The normalized spacial score (nSPS) is 21.8. The minimum absolute atomic E-state index is 0.635. The Kier molecular flexibility index (Phi) is 3.34. The maximum atomic E-state index is 5.09. The first-order chi connectivity index (χ1) is 5.20. The Hall–Kier alpha value is -0.0800. The van der Waals surface area contributed by atoms with Gasteiger partial charge in [-0.25, -0.2) is 0 Å². The predicted octanol–water partition coefficient (Wildman–Crippen LogP) is 1.27. The van der Waals surface area contributed by atoms with Crippen LogP contribution in [0.2, 0.25) is 0 Å². The third-order valence-electron chi connectivity index (χ3n) is 2.44. The van der Waals surface area contributed by atoms with E-state index >= 15 is 0 Å². The first kappa shape index (κ1) is 9.01. The van der Waals surface area contributed by atoms with E-state index in [1.165, 1.54) is 0 Å². The molecule has 1 atom stereocenters. The van der Waals surface area contributed by atoms with Crippen molar-refractivity contribution in [3.8, 4) is 0 Å². The quantitative estimate of drug-likeness (QED) is 0.663. The SMILES string of the molecule is CC(C)[C@@H](C)NCC1COC1. The molecular weight excluding hydrogens is 138 g/mol. The van der Waals surface area contributed by atoms with Gasteiger partial charge in [0.05, 0.1) is 13.2 Å². The third kappa shape index (κ3) is 2.80. The molecule has 0 aromatic heterocycles. The van der Waals surface area contributed by atoms with Crippen molar-refractivity contribution in [2.24, 2.45) is 11.8 Å². The summed E-state index contributed by atoms with van der Waals surface area (Å²) >= 11 is 0. The van der Waals surface area contributed by atoms with Gasteiger partial charge >= 0.3 is 0 Å². The molecule has 0 radical (unpaired) electrons. The van der Waals surface area contributed by atoms with E-state index in [0.717, 1.165) is 31.6 Å². The van der Waals surface area contributed by atoms with Crippen LogP contribution in [-0.4, -0.2) is 25.8 Å². The van der Waals surface area contributed by atoms with Gasteiger partial charge < -0.3 is 10.1 Å². The first-order valence-corrected chi connectivity index (χ1v) is 4.51. The zero-order valence-electron chi connectivity index (χ0n) is 7.76. The summed E-state index contributed by atoms with van der Waals surface area (Å²) in [6.45, 7) is 9.77. The van der Waals surface area contributed by atoms with Crippen molar-refractivity contribution in [2.75, 3.05) is 19.8 Å². The standard InChI is InChI=1S/C9H19NO/c1-7(2)8(3)10-4-9-5-11-6-9/h7-10H,4-6H2,1-3H3/t8-/m1/s1. The highest BCUT2D eigenvalue weighted by molar-refractivity contribution is 4.72. The van der Waals surface area contributed by atoms with Crippen LogP contribution in [0.5, 0.6) is 0 Å². The van der Waals surface area contributed by atoms with E-state index in [9.17, 15) is 0 Å². The molecule has 0 saturated carbocycles. The summed E-state index contributed by atoms with van der Waals surface area (Å²) in [5.41, 5.74) is 0. The van der Waals surface area contributed by atoms with E-state index in [-0.39, 0.29) is 0 Å². The van der Waals surface area contributed by atoms with Crippen molar-refractivity contribution < 1.29 is 4.74 Å². The maximum Gasteiger partial charge on any atom is 0.0528 e. The molecule has 0 amide bonds. The molecule has 0 unspecified atom stereocenters. The average molecular weight is 157 g/mol. The second kappa shape index (κ2) is 4.07. The fourth-order valence-corrected chi connectivity index (χ4v) is 0.991. The van der Waals surface area contributed by atoms with Gasteiger partial charge in [0.15, 0.2) is 0 Å². The third-order valence-corrected chi connectivity index (χ3v) is 2.44. The number of hydrogen-bond acceptors (Lipinski definition) is 2. The molecular formula is C9H19NO. The van der Waals surface area contributed by atoms with E-state index in [2.05, 4.69) is 26.1 Å². The van der Waals surface area contributed by atoms with E-state index < -0.39 is 0 Å². The second-order valence-corrected chi connectivity index (χ2v) is 3.84. The van der Waals surface area contributed by atoms with Gasteiger partial charge in [-0.2, -0.15) is 0 Å². The predicted molar refractivity (Wildman–Crippen MR) is 46.6 cm³/mol. The summed E-state index contributed by atoms with van der Waals surface area (Å²) in [5, 5.41) is 3.50. The van der Waals surface area contributed by atoms with Crippen molar-refractivity contribution in [3.05, 3.63) is 0 Å². The highest BCUT2D eigenvalue weighted by atomic mass is 16.5. The van der Waals surface area contributed by atoms with Gasteiger partial charge in [-0.3, -0.25) is 0 Å². The van der Waals surface area contributed by atoms with Gasteiger partial charge in [-0.15, -0.1) is 0 Å². The van der Waals surface area contributed by atoms with Crippen LogP contribution in [0.15, 0.2) is 0 Å². The van der Waals surface area contributed by atoms with Crippen LogP contribution in [-0.2, 0) is 4.74 Å². The smallest absolute Gasteiger partial charge is 0.0528 e. The van der Waals surface area contributed by atoms with Crippen LogP contribution in [0.25, 0.3) is 0 Å². The topological polar surface area (TPSA) is 21.3 Å². The summed E-state index contributed by atoms with van der Waals surface area (Å²) in [4.78, 5) is 0. The highest BCUT2D eigenvalue weighted by Crippen LogP contribution is 2.09. The lowest BCUT2D eigenvalue weighted by Crippen LogP contribution is -2.41. The molecule has 1 rings (SSSR count). The lowest BCUT2D eigenvalue weighted by molar-refractivity contribution is -0.0319. The van der Waals surface area contributed by atoms with Crippen LogP contribution in [0.4, 0.5) is 0 Å². The fourth-order valence-electron chi connectivity index (χ4n) is 0.991. The molecule has 1 fully saturated rings. The molecule has 0 aliphatic carbocycles. The van der Waals surface area contributed by atoms with Crippen LogP contribution >= 0.6 is 0 Å².